The van der Waals surface area contributed by atoms with Crippen LogP contribution >= 0.6 is 34.8 Å². The van der Waals surface area contributed by atoms with Gasteiger partial charge >= 0.3 is 5.97 Å². The zero-order valence-corrected chi connectivity index (χ0v) is 14.5. The standard InChI is InChI=1S/C14H11Cl3N2O5/c1-7-2-12(19-24-7)18-13(20)5-23-14(21)6-22-11-4-9(16)8(15)3-10(11)17/h2-4H,5-6H2,1H3,(H,18,19,20). The average Bonchev–Trinajstić information content (AvgIpc) is 2.92. The first-order valence-corrected chi connectivity index (χ1v) is 7.64. The van der Waals surface area contributed by atoms with Crippen LogP contribution in [-0.2, 0) is 14.3 Å². The van der Waals surface area contributed by atoms with Crippen molar-refractivity contribution in [2.75, 3.05) is 18.5 Å². The van der Waals surface area contributed by atoms with Gasteiger partial charge in [-0.25, -0.2) is 4.79 Å². The van der Waals surface area contributed by atoms with E-state index < -0.39 is 25.1 Å². The first-order valence-electron chi connectivity index (χ1n) is 6.51. The lowest BCUT2D eigenvalue weighted by molar-refractivity contribution is -0.149. The fourth-order valence-electron chi connectivity index (χ4n) is 1.54. The van der Waals surface area contributed by atoms with E-state index in [-0.39, 0.29) is 26.6 Å². The summed E-state index contributed by atoms with van der Waals surface area (Å²) in [6.45, 7) is 0.728. The number of hydrogen-bond acceptors (Lipinski definition) is 6. The number of aromatic nitrogens is 1. The zero-order valence-electron chi connectivity index (χ0n) is 12.3. The van der Waals surface area contributed by atoms with Gasteiger partial charge in [0.05, 0.1) is 15.1 Å². The number of hydrogen-bond donors (Lipinski definition) is 1. The van der Waals surface area contributed by atoms with Crippen LogP contribution in [0.1, 0.15) is 5.76 Å². The molecule has 1 N–H and O–H groups in total. The van der Waals surface area contributed by atoms with Crippen molar-refractivity contribution in [1.29, 1.82) is 0 Å². The van der Waals surface area contributed by atoms with Gasteiger partial charge in [0, 0.05) is 12.1 Å². The van der Waals surface area contributed by atoms with Crippen molar-refractivity contribution in [3.8, 4) is 5.75 Å². The summed E-state index contributed by atoms with van der Waals surface area (Å²) in [6.07, 6.45) is 0. The van der Waals surface area contributed by atoms with E-state index in [1.54, 1.807) is 6.92 Å². The molecular formula is C14H11Cl3N2O5. The second-order valence-electron chi connectivity index (χ2n) is 4.52. The van der Waals surface area contributed by atoms with Crippen LogP contribution < -0.4 is 10.1 Å². The smallest absolute Gasteiger partial charge is 0.344 e. The Hall–Kier alpha value is -1.96. The van der Waals surface area contributed by atoms with Crippen molar-refractivity contribution in [2.24, 2.45) is 0 Å². The third-order valence-corrected chi connectivity index (χ3v) is 3.60. The Balaban J connectivity index is 1.77. The largest absolute Gasteiger partial charge is 0.480 e. The summed E-state index contributed by atoms with van der Waals surface area (Å²) in [6, 6.07) is 4.29. The molecule has 128 valence electrons. The van der Waals surface area contributed by atoms with Gasteiger partial charge < -0.3 is 19.3 Å². The van der Waals surface area contributed by atoms with E-state index in [1.807, 2.05) is 0 Å². The molecule has 0 aliphatic carbocycles. The molecule has 1 aromatic heterocycles. The molecule has 1 heterocycles. The number of anilines is 1. The Bertz CT molecular complexity index is 763. The van der Waals surface area contributed by atoms with Gasteiger partial charge in [-0.3, -0.25) is 4.79 Å². The maximum atomic E-state index is 11.6. The molecule has 24 heavy (non-hydrogen) atoms. The Kier molecular flexibility index (Phi) is 6.30. The second kappa shape index (κ2) is 8.23. The van der Waals surface area contributed by atoms with E-state index in [9.17, 15) is 9.59 Å². The highest BCUT2D eigenvalue weighted by Gasteiger charge is 2.12. The number of amides is 1. The summed E-state index contributed by atoms with van der Waals surface area (Å²) in [5.41, 5.74) is 0. The second-order valence-corrected chi connectivity index (χ2v) is 5.74. The lowest BCUT2D eigenvalue weighted by Crippen LogP contribution is -2.23. The highest BCUT2D eigenvalue weighted by molar-refractivity contribution is 6.43. The third kappa shape index (κ3) is 5.30. The van der Waals surface area contributed by atoms with Crippen molar-refractivity contribution in [2.45, 2.75) is 6.92 Å². The van der Waals surface area contributed by atoms with Gasteiger partial charge in [0.25, 0.3) is 5.91 Å². The van der Waals surface area contributed by atoms with Gasteiger partial charge in [0.15, 0.2) is 19.0 Å². The Morgan fingerprint density at radius 1 is 1.12 bits per heavy atom. The quantitative estimate of drug-likeness (QED) is 0.596. The monoisotopic (exact) mass is 392 g/mol. The topological polar surface area (TPSA) is 90.7 Å². The van der Waals surface area contributed by atoms with Crippen LogP contribution in [0.25, 0.3) is 0 Å². The molecule has 0 unspecified atom stereocenters. The predicted octanol–water partition coefficient (Wildman–Crippen LogP) is 3.50. The average molecular weight is 394 g/mol. The number of nitrogens with zero attached hydrogens (tertiary/aromatic N) is 1. The van der Waals surface area contributed by atoms with Crippen LogP contribution in [0.5, 0.6) is 5.75 Å². The predicted molar refractivity (Wildman–Crippen MR) is 87.8 cm³/mol. The fourth-order valence-corrected chi connectivity index (χ4v) is 2.13. The van der Waals surface area contributed by atoms with Crippen LogP contribution in [-0.4, -0.2) is 30.2 Å². The van der Waals surface area contributed by atoms with Crippen LogP contribution in [0.2, 0.25) is 15.1 Å². The fraction of sp³-hybridized carbons (Fsp3) is 0.214. The van der Waals surface area contributed by atoms with E-state index >= 15 is 0 Å². The summed E-state index contributed by atoms with van der Waals surface area (Å²) in [5, 5.41) is 6.65. The summed E-state index contributed by atoms with van der Waals surface area (Å²) in [7, 11) is 0. The number of nitrogens with one attached hydrogen (secondary N) is 1. The number of carbonyl (C=O) groups excluding carboxylic acids is 2. The van der Waals surface area contributed by atoms with Gasteiger partial charge in [0.2, 0.25) is 0 Å². The molecular weight excluding hydrogens is 383 g/mol. The zero-order chi connectivity index (χ0) is 17.7. The molecule has 0 bridgehead atoms. The van der Waals surface area contributed by atoms with Crippen molar-refractivity contribution in [1.82, 2.24) is 5.16 Å². The van der Waals surface area contributed by atoms with E-state index in [4.69, 9.17) is 48.8 Å². The molecule has 7 nitrogen and oxygen atoms in total. The number of benzene rings is 1. The van der Waals surface area contributed by atoms with Crippen molar-refractivity contribution in [3.05, 3.63) is 39.0 Å². The number of esters is 1. The molecule has 2 rings (SSSR count). The number of carbonyl (C=O) groups is 2. The lowest BCUT2D eigenvalue weighted by atomic mass is 10.3. The summed E-state index contributed by atoms with van der Waals surface area (Å²) >= 11 is 17.5. The maximum Gasteiger partial charge on any atom is 0.344 e. The Morgan fingerprint density at radius 3 is 2.50 bits per heavy atom. The molecule has 0 radical (unpaired) electrons. The van der Waals surface area contributed by atoms with Crippen molar-refractivity contribution >= 4 is 52.5 Å². The molecule has 1 aromatic carbocycles. The third-order valence-electron chi connectivity index (χ3n) is 2.58. The first kappa shape index (κ1) is 18.4. The minimum Gasteiger partial charge on any atom is -0.480 e. The van der Waals surface area contributed by atoms with Crippen molar-refractivity contribution in [3.63, 3.8) is 0 Å². The Labute approximate surface area is 151 Å². The SMILES string of the molecule is Cc1cc(NC(=O)COC(=O)COc2cc(Cl)c(Cl)cc2Cl)no1. The van der Waals surface area contributed by atoms with Gasteiger partial charge in [-0.05, 0) is 13.0 Å². The number of halogens is 3. The van der Waals surface area contributed by atoms with Crippen molar-refractivity contribution < 1.29 is 23.6 Å². The van der Waals surface area contributed by atoms with E-state index in [2.05, 4.69) is 10.5 Å². The summed E-state index contributed by atoms with van der Waals surface area (Å²) < 4.78 is 14.7. The molecule has 2 aromatic rings. The highest BCUT2D eigenvalue weighted by Crippen LogP contribution is 2.33. The van der Waals surface area contributed by atoms with Crippen LogP contribution in [0.4, 0.5) is 5.82 Å². The number of aryl methyl sites for hydroxylation is 1. The maximum absolute atomic E-state index is 11.6. The molecule has 0 spiro atoms. The summed E-state index contributed by atoms with van der Waals surface area (Å²) in [5.74, 6) is -0.389. The number of rotatable bonds is 6. The molecule has 0 fully saturated rings. The highest BCUT2D eigenvalue weighted by atomic mass is 35.5. The normalized spacial score (nSPS) is 10.3. The van der Waals surface area contributed by atoms with E-state index in [0.29, 0.717) is 5.76 Å². The van der Waals surface area contributed by atoms with Gasteiger partial charge in [-0.2, -0.15) is 0 Å². The van der Waals surface area contributed by atoms with Gasteiger partial charge in [0.1, 0.15) is 11.5 Å². The molecule has 0 atom stereocenters. The Morgan fingerprint density at radius 2 is 1.83 bits per heavy atom. The van der Waals surface area contributed by atoms with Crippen LogP contribution in [0, 0.1) is 6.92 Å². The molecule has 10 heteroatoms. The first-order chi connectivity index (χ1) is 11.3. The van der Waals surface area contributed by atoms with E-state index in [0.717, 1.165) is 0 Å². The number of ether oxygens (including phenoxy) is 2. The van der Waals surface area contributed by atoms with Crippen LogP contribution in [0.15, 0.2) is 22.7 Å². The van der Waals surface area contributed by atoms with Gasteiger partial charge in [-0.15, -0.1) is 0 Å². The molecule has 0 aliphatic rings. The minimum atomic E-state index is -0.761. The van der Waals surface area contributed by atoms with E-state index in [1.165, 1.54) is 18.2 Å². The summed E-state index contributed by atoms with van der Waals surface area (Å²) in [4.78, 5) is 23.1. The minimum absolute atomic E-state index is 0.172. The molecule has 1 amide bonds. The molecule has 0 saturated carbocycles. The molecule has 0 aliphatic heterocycles. The molecule has 0 saturated heterocycles. The van der Waals surface area contributed by atoms with Crippen LogP contribution in [0.3, 0.4) is 0 Å². The van der Waals surface area contributed by atoms with Gasteiger partial charge in [-0.1, -0.05) is 40.0 Å². The lowest BCUT2D eigenvalue weighted by Gasteiger charge is -2.09.